The SMILES string of the molecule is Cc1ccc(C=CC(=O)N2CC(O)C2)o1. The Kier molecular flexibility index (Phi) is 2.60. The number of aliphatic hydroxyl groups excluding tert-OH is 1. The lowest BCUT2D eigenvalue weighted by atomic mass is 10.1. The van der Waals surface area contributed by atoms with Crippen LogP contribution in [0.1, 0.15) is 11.5 Å². The molecule has 1 aliphatic heterocycles. The van der Waals surface area contributed by atoms with Crippen LogP contribution in [0.25, 0.3) is 6.08 Å². The number of furan rings is 1. The molecule has 80 valence electrons. The molecule has 0 unspecified atom stereocenters. The molecule has 0 atom stereocenters. The lowest BCUT2D eigenvalue weighted by Crippen LogP contribution is -2.52. The van der Waals surface area contributed by atoms with Crippen molar-refractivity contribution in [3.05, 3.63) is 29.7 Å². The molecule has 1 fully saturated rings. The predicted octanol–water partition coefficient (Wildman–Crippen LogP) is 0.804. The summed E-state index contributed by atoms with van der Waals surface area (Å²) in [5, 5.41) is 9.02. The molecule has 4 heteroatoms. The first kappa shape index (κ1) is 9.98. The van der Waals surface area contributed by atoms with E-state index >= 15 is 0 Å². The van der Waals surface area contributed by atoms with E-state index in [-0.39, 0.29) is 12.0 Å². The van der Waals surface area contributed by atoms with Gasteiger partial charge in [-0.3, -0.25) is 4.79 Å². The zero-order valence-corrected chi connectivity index (χ0v) is 8.51. The zero-order chi connectivity index (χ0) is 10.8. The topological polar surface area (TPSA) is 53.7 Å². The number of nitrogens with zero attached hydrogens (tertiary/aromatic N) is 1. The lowest BCUT2D eigenvalue weighted by molar-refractivity contribution is -0.135. The van der Waals surface area contributed by atoms with Crippen LogP contribution < -0.4 is 0 Å². The van der Waals surface area contributed by atoms with Crippen LogP contribution in [0.2, 0.25) is 0 Å². The Morgan fingerprint density at radius 2 is 2.33 bits per heavy atom. The number of hydrogen-bond donors (Lipinski definition) is 1. The third-order valence-electron chi connectivity index (χ3n) is 2.33. The van der Waals surface area contributed by atoms with Gasteiger partial charge in [0, 0.05) is 19.2 Å². The van der Waals surface area contributed by atoms with Gasteiger partial charge in [-0.25, -0.2) is 0 Å². The monoisotopic (exact) mass is 207 g/mol. The van der Waals surface area contributed by atoms with E-state index in [2.05, 4.69) is 0 Å². The van der Waals surface area contributed by atoms with Crippen LogP contribution in [0.15, 0.2) is 22.6 Å². The van der Waals surface area contributed by atoms with E-state index < -0.39 is 0 Å². The zero-order valence-electron chi connectivity index (χ0n) is 8.51. The van der Waals surface area contributed by atoms with Gasteiger partial charge in [-0.2, -0.15) is 0 Å². The number of aryl methyl sites for hydroxylation is 1. The molecule has 1 aromatic rings. The van der Waals surface area contributed by atoms with E-state index in [1.54, 1.807) is 11.0 Å². The molecule has 0 bridgehead atoms. The minimum Gasteiger partial charge on any atom is -0.462 e. The van der Waals surface area contributed by atoms with Gasteiger partial charge in [-0.05, 0) is 25.1 Å². The average molecular weight is 207 g/mol. The van der Waals surface area contributed by atoms with Gasteiger partial charge >= 0.3 is 0 Å². The number of aliphatic hydroxyl groups is 1. The highest BCUT2D eigenvalue weighted by Gasteiger charge is 2.26. The van der Waals surface area contributed by atoms with E-state index in [4.69, 9.17) is 9.52 Å². The van der Waals surface area contributed by atoms with Crippen molar-refractivity contribution in [1.82, 2.24) is 4.90 Å². The maximum absolute atomic E-state index is 11.4. The molecule has 0 radical (unpaired) electrons. The molecule has 1 aromatic heterocycles. The largest absolute Gasteiger partial charge is 0.462 e. The van der Waals surface area contributed by atoms with Crippen molar-refractivity contribution in [3.63, 3.8) is 0 Å². The molecule has 1 N–H and O–H groups in total. The van der Waals surface area contributed by atoms with Gasteiger partial charge in [0.1, 0.15) is 11.5 Å². The highest BCUT2D eigenvalue weighted by atomic mass is 16.3. The van der Waals surface area contributed by atoms with Gasteiger partial charge < -0.3 is 14.4 Å². The number of hydrogen-bond acceptors (Lipinski definition) is 3. The van der Waals surface area contributed by atoms with Crippen LogP contribution in [0, 0.1) is 6.92 Å². The second kappa shape index (κ2) is 3.90. The fraction of sp³-hybridized carbons (Fsp3) is 0.364. The lowest BCUT2D eigenvalue weighted by Gasteiger charge is -2.34. The smallest absolute Gasteiger partial charge is 0.246 e. The Morgan fingerprint density at radius 3 is 2.87 bits per heavy atom. The molecule has 0 aliphatic carbocycles. The molecule has 15 heavy (non-hydrogen) atoms. The summed E-state index contributed by atoms with van der Waals surface area (Å²) < 4.78 is 5.28. The minimum absolute atomic E-state index is 0.0886. The number of carbonyl (C=O) groups is 1. The normalized spacial score (nSPS) is 17.1. The third kappa shape index (κ3) is 2.27. The first-order valence-corrected chi connectivity index (χ1v) is 4.86. The Hall–Kier alpha value is -1.55. The number of amides is 1. The summed E-state index contributed by atoms with van der Waals surface area (Å²) in [7, 11) is 0. The van der Waals surface area contributed by atoms with Crippen molar-refractivity contribution in [3.8, 4) is 0 Å². The second-order valence-corrected chi connectivity index (χ2v) is 3.68. The summed E-state index contributed by atoms with van der Waals surface area (Å²) in [5.41, 5.74) is 0. The highest BCUT2D eigenvalue weighted by molar-refractivity contribution is 5.92. The Balaban J connectivity index is 1.91. The molecule has 2 heterocycles. The molecule has 2 rings (SSSR count). The van der Waals surface area contributed by atoms with Crippen molar-refractivity contribution < 1.29 is 14.3 Å². The van der Waals surface area contributed by atoms with E-state index in [1.165, 1.54) is 6.08 Å². The average Bonchev–Trinajstić information content (AvgIpc) is 2.56. The summed E-state index contributed by atoms with van der Waals surface area (Å²) in [6.07, 6.45) is 2.75. The van der Waals surface area contributed by atoms with Crippen LogP contribution >= 0.6 is 0 Å². The van der Waals surface area contributed by atoms with E-state index in [1.807, 2.05) is 19.1 Å². The summed E-state index contributed by atoms with van der Waals surface area (Å²) >= 11 is 0. The predicted molar refractivity (Wildman–Crippen MR) is 55.1 cm³/mol. The molecular formula is C11H13NO3. The van der Waals surface area contributed by atoms with Crippen LogP contribution in [0.5, 0.6) is 0 Å². The molecular weight excluding hydrogens is 194 g/mol. The number of β-amino-alcohol motifs (C(OH)–C–C–N with tert-alkyl or cyclic N) is 1. The van der Waals surface area contributed by atoms with Gasteiger partial charge in [-0.15, -0.1) is 0 Å². The standard InChI is InChI=1S/C11H13NO3/c1-8-2-3-10(15-8)4-5-11(14)12-6-9(13)7-12/h2-5,9,13H,6-7H2,1H3. The Bertz CT molecular complexity index is 388. The molecule has 0 aromatic carbocycles. The quantitative estimate of drug-likeness (QED) is 0.730. The highest BCUT2D eigenvalue weighted by Crippen LogP contribution is 2.11. The number of likely N-dealkylation sites (tertiary alicyclic amines) is 1. The van der Waals surface area contributed by atoms with Gasteiger partial charge in [0.15, 0.2) is 0 Å². The maximum atomic E-state index is 11.4. The first-order chi connectivity index (χ1) is 7.15. The second-order valence-electron chi connectivity index (χ2n) is 3.68. The summed E-state index contributed by atoms with van der Waals surface area (Å²) in [4.78, 5) is 13.0. The van der Waals surface area contributed by atoms with Crippen molar-refractivity contribution in [2.75, 3.05) is 13.1 Å². The number of rotatable bonds is 2. The summed E-state index contributed by atoms with van der Waals surface area (Å²) in [6.45, 7) is 2.71. The molecule has 0 spiro atoms. The van der Waals surface area contributed by atoms with Crippen molar-refractivity contribution in [2.24, 2.45) is 0 Å². The maximum Gasteiger partial charge on any atom is 0.246 e. The minimum atomic E-state index is -0.354. The van der Waals surface area contributed by atoms with Crippen LogP contribution in [0.3, 0.4) is 0 Å². The Labute approximate surface area is 87.8 Å². The molecule has 1 saturated heterocycles. The molecule has 4 nitrogen and oxygen atoms in total. The van der Waals surface area contributed by atoms with Gasteiger partial charge in [0.05, 0.1) is 6.10 Å². The van der Waals surface area contributed by atoms with Crippen molar-refractivity contribution in [1.29, 1.82) is 0 Å². The van der Waals surface area contributed by atoms with Crippen LogP contribution in [0.4, 0.5) is 0 Å². The molecule has 0 saturated carbocycles. The van der Waals surface area contributed by atoms with Crippen LogP contribution in [-0.4, -0.2) is 35.1 Å². The fourth-order valence-corrected chi connectivity index (χ4v) is 1.44. The number of carbonyl (C=O) groups excluding carboxylic acids is 1. The van der Waals surface area contributed by atoms with Crippen LogP contribution in [-0.2, 0) is 4.79 Å². The Morgan fingerprint density at radius 1 is 1.60 bits per heavy atom. The van der Waals surface area contributed by atoms with Crippen molar-refractivity contribution >= 4 is 12.0 Å². The summed E-state index contributed by atoms with van der Waals surface area (Å²) in [5.74, 6) is 1.40. The molecule has 1 aliphatic rings. The fourth-order valence-electron chi connectivity index (χ4n) is 1.44. The first-order valence-electron chi connectivity index (χ1n) is 4.86. The van der Waals surface area contributed by atoms with E-state index in [0.717, 1.165) is 5.76 Å². The van der Waals surface area contributed by atoms with E-state index in [0.29, 0.717) is 18.8 Å². The van der Waals surface area contributed by atoms with Gasteiger partial charge in [0.25, 0.3) is 0 Å². The van der Waals surface area contributed by atoms with Gasteiger partial charge in [-0.1, -0.05) is 0 Å². The summed E-state index contributed by atoms with van der Waals surface area (Å²) in [6, 6.07) is 3.65. The third-order valence-corrected chi connectivity index (χ3v) is 2.33. The van der Waals surface area contributed by atoms with Gasteiger partial charge in [0.2, 0.25) is 5.91 Å². The van der Waals surface area contributed by atoms with Crippen molar-refractivity contribution in [2.45, 2.75) is 13.0 Å². The molecule has 1 amide bonds. The van der Waals surface area contributed by atoms with E-state index in [9.17, 15) is 4.79 Å².